The molecule has 0 aromatic heterocycles. The standard InChI is InChI=1S/C20H24FN3S/c1-15-6-5-9-19(16(15)2)22-20(25)24-12-10-23(11-13-24)14-17-7-3-4-8-18(17)21/h3-9H,10-14H2,1-2H3,(H,22,25). The number of benzene rings is 2. The fraction of sp³-hybridized carbons (Fsp3) is 0.350. The monoisotopic (exact) mass is 357 g/mol. The zero-order valence-electron chi connectivity index (χ0n) is 14.8. The van der Waals surface area contributed by atoms with Crippen LogP contribution in [0, 0.1) is 19.7 Å². The molecule has 5 heteroatoms. The van der Waals surface area contributed by atoms with Crippen LogP contribution in [0.4, 0.5) is 10.1 Å². The predicted octanol–water partition coefficient (Wildman–Crippen LogP) is 3.96. The molecule has 1 aliphatic heterocycles. The van der Waals surface area contributed by atoms with Crippen molar-refractivity contribution in [3.8, 4) is 0 Å². The van der Waals surface area contributed by atoms with Crippen LogP contribution in [0.3, 0.4) is 0 Å². The second kappa shape index (κ2) is 7.93. The number of nitrogens with zero attached hydrogens (tertiary/aromatic N) is 2. The Balaban J connectivity index is 1.54. The SMILES string of the molecule is Cc1cccc(NC(=S)N2CCN(Cc3ccccc3F)CC2)c1C. The highest BCUT2D eigenvalue weighted by Gasteiger charge is 2.20. The smallest absolute Gasteiger partial charge is 0.173 e. The maximum absolute atomic E-state index is 13.8. The summed E-state index contributed by atoms with van der Waals surface area (Å²) in [6, 6.07) is 13.2. The number of anilines is 1. The molecule has 3 rings (SSSR count). The Morgan fingerprint density at radius 2 is 1.76 bits per heavy atom. The van der Waals surface area contributed by atoms with E-state index in [1.807, 2.05) is 18.2 Å². The van der Waals surface area contributed by atoms with Crippen molar-refractivity contribution in [2.75, 3.05) is 31.5 Å². The summed E-state index contributed by atoms with van der Waals surface area (Å²) in [4.78, 5) is 4.46. The van der Waals surface area contributed by atoms with Gasteiger partial charge in [0.05, 0.1) is 0 Å². The van der Waals surface area contributed by atoms with Gasteiger partial charge in [-0.05, 0) is 49.3 Å². The van der Waals surface area contributed by atoms with E-state index in [2.05, 4.69) is 41.1 Å². The highest BCUT2D eigenvalue weighted by Crippen LogP contribution is 2.19. The van der Waals surface area contributed by atoms with Crippen molar-refractivity contribution in [3.05, 3.63) is 65.0 Å². The van der Waals surface area contributed by atoms with Gasteiger partial charge in [0.15, 0.2) is 5.11 Å². The summed E-state index contributed by atoms with van der Waals surface area (Å²) in [5.74, 6) is -0.128. The lowest BCUT2D eigenvalue weighted by atomic mass is 10.1. The molecule has 25 heavy (non-hydrogen) atoms. The first-order chi connectivity index (χ1) is 12.0. The van der Waals surface area contributed by atoms with Crippen LogP contribution in [0.1, 0.15) is 16.7 Å². The van der Waals surface area contributed by atoms with E-state index in [4.69, 9.17) is 12.2 Å². The maximum atomic E-state index is 13.8. The second-order valence-electron chi connectivity index (χ2n) is 6.53. The Bertz CT molecular complexity index is 754. The van der Waals surface area contributed by atoms with Crippen molar-refractivity contribution in [1.29, 1.82) is 0 Å². The summed E-state index contributed by atoms with van der Waals surface area (Å²) >= 11 is 5.58. The first-order valence-electron chi connectivity index (χ1n) is 8.62. The molecular formula is C20H24FN3S. The van der Waals surface area contributed by atoms with Crippen LogP contribution in [-0.2, 0) is 6.54 Å². The Morgan fingerprint density at radius 3 is 2.48 bits per heavy atom. The van der Waals surface area contributed by atoms with Gasteiger partial charge in [-0.2, -0.15) is 0 Å². The van der Waals surface area contributed by atoms with Gasteiger partial charge >= 0.3 is 0 Å². The number of thiocarbonyl (C=S) groups is 1. The van der Waals surface area contributed by atoms with E-state index in [0.717, 1.165) is 42.5 Å². The second-order valence-corrected chi connectivity index (χ2v) is 6.92. The molecule has 0 unspecified atom stereocenters. The molecule has 3 nitrogen and oxygen atoms in total. The highest BCUT2D eigenvalue weighted by molar-refractivity contribution is 7.80. The number of hydrogen-bond donors (Lipinski definition) is 1. The van der Waals surface area contributed by atoms with Crippen molar-refractivity contribution in [1.82, 2.24) is 9.80 Å². The van der Waals surface area contributed by atoms with Crippen molar-refractivity contribution >= 4 is 23.0 Å². The van der Waals surface area contributed by atoms with Gasteiger partial charge < -0.3 is 10.2 Å². The third kappa shape index (κ3) is 4.35. The number of aryl methyl sites for hydroxylation is 1. The minimum atomic E-state index is -0.128. The van der Waals surface area contributed by atoms with Gasteiger partial charge in [0, 0.05) is 44.0 Å². The van der Waals surface area contributed by atoms with Crippen LogP contribution in [0.25, 0.3) is 0 Å². The van der Waals surface area contributed by atoms with Gasteiger partial charge in [0.25, 0.3) is 0 Å². The summed E-state index contributed by atoms with van der Waals surface area (Å²) < 4.78 is 13.8. The molecule has 0 radical (unpaired) electrons. The molecule has 0 amide bonds. The molecule has 1 fully saturated rings. The number of halogens is 1. The van der Waals surface area contributed by atoms with E-state index in [1.165, 1.54) is 17.2 Å². The molecule has 1 heterocycles. The first kappa shape index (κ1) is 17.8. The predicted molar refractivity (Wildman–Crippen MR) is 105 cm³/mol. The highest BCUT2D eigenvalue weighted by atomic mass is 32.1. The number of hydrogen-bond acceptors (Lipinski definition) is 2. The van der Waals surface area contributed by atoms with Crippen LogP contribution >= 0.6 is 12.2 Å². The van der Waals surface area contributed by atoms with Crippen LogP contribution in [0.2, 0.25) is 0 Å². The van der Waals surface area contributed by atoms with E-state index >= 15 is 0 Å². The Labute approximate surface area is 154 Å². The zero-order valence-corrected chi connectivity index (χ0v) is 15.6. The van der Waals surface area contributed by atoms with Crippen LogP contribution in [0.15, 0.2) is 42.5 Å². The van der Waals surface area contributed by atoms with Crippen molar-refractivity contribution < 1.29 is 4.39 Å². The molecule has 0 aliphatic carbocycles. The molecule has 1 aliphatic rings. The quantitative estimate of drug-likeness (QED) is 0.838. The Morgan fingerprint density at radius 1 is 1.04 bits per heavy atom. The lowest BCUT2D eigenvalue weighted by Crippen LogP contribution is -2.49. The third-order valence-corrected chi connectivity index (χ3v) is 5.22. The number of piperazine rings is 1. The minimum absolute atomic E-state index is 0.128. The molecular weight excluding hydrogens is 333 g/mol. The summed E-state index contributed by atoms with van der Waals surface area (Å²) in [6.45, 7) is 8.32. The van der Waals surface area contributed by atoms with Crippen LogP contribution in [-0.4, -0.2) is 41.1 Å². The number of rotatable bonds is 3. The normalized spacial score (nSPS) is 15.2. The topological polar surface area (TPSA) is 18.5 Å². The van der Waals surface area contributed by atoms with Crippen molar-refractivity contribution in [2.24, 2.45) is 0 Å². The lowest BCUT2D eigenvalue weighted by molar-refractivity contribution is 0.175. The van der Waals surface area contributed by atoms with E-state index in [9.17, 15) is 4.39 Å². The van der Waals surface area contributed by atoms with E-state index in [1.54, 1.807) is 6.07 Å². The average molecular weight is 357 g/mol. The molecule has 1 saturated heterocycles. The average Bonchev–Trinajstić information content (AvgIpc) is 2.61. The molecule has 0 bridgehead atoms. The van der Waals surface area contributed by atoms with E-state index < -0.39 is 0 Å². The summed E-state index contributed by atoms with van der Waals surface area (Å²) in [5.41, 5.74) is 4.30. The molecule has 1 N–H and O–H groups in total. The summed E-state index contributed by atoms with van der Waals surface area (Å²) in [7, 11) is 0. The fourth-order valence-corrected chi connectivity index (χ4v) is 3.35. The summed E-state index contributed by atoms with van der Waals surface area (Å²) in [5, 5.41) is 4.14. The van der Waals surface area contributed by atoms with Gasteiger partial charge in [-0.1, -0.05) is 30.3 Å². The van der Waals surface area contributed by atoms with Crippen LogP contribution in [0.5, 0.6) is 0 Å². The molecule has 132 valence electrons. The lowest BCUT2D eigenvalue weighted by Gasteiger charge is -2.36. The van der Waals surface area contributed by atoms with Gasteiger partial charge in [0.2, 0.25) is 0 Å². The minimum Gasteiger partial charge on any atom is -0.346 e. The molecule has 0 saturated carbocycles. The maximum Gasteiger partial charge on any atom is 0.173 e. The molecule has 2 aromatic rings. The van der Waals surface area contributed by atoms with Gasteiger partial charge in [-0.15, -0.1) is 0 Å². The van der Waals surface area contributed by atoms with Crippen molar-refractivity contribution in [3.63, 3.8) is 0 Å². The van der Waals surface area contributed by atoms with E-state index in [0.29, 0.717) is 6.54 Å². The molecule has 0 spiro atoms. The van der Waals surface area contributed by atoms with Gasteiger partial charge in [-0.25, -0.2) is 4.39 Å². The molecule has 2 aromatic carbocycles. The Hall–Kier alpha value is -1.98. The number of nitrogens with one attached hydrogen (secondary N) is 1. The zero-order chi connectivity index (χ0) is 17.8. The van der Waals surface area contributed by atoms with E-state index in [-0.39, 0.29) is 5.82 Å². The first-order valence-corrected chi connectivity index (χ1v) is 9.03. The molecule has 0 atom stereocenters. The Kier molecular flexibility index (Phi) is 5.66. The fourth-order valence-electron chi connectivity index (χ4n) is 3.06. The third-order valence-electron chi connectivity index (χ3n) is 4.86. The van der Waals surface area contributed by atoms with Gasteiger partial charge in [0.1, 0.15) is 5.82 Å². The largest absolute Gasteiger partial charge is 0.346 e. The van der Waals surface area contributed by atoms with Gasteiger partial charge in [-0.3, -0.25) is 4.90 Å². The van der Waals surface area contributed by atoms with Crippen molar-refractivity contribution in [2.45, 2.75) is 20.4 Å². The van der Waals surface area contributed by atoms with Crippen LogP contribution < -0.4 is 5.32 Å². The summed E-state index contributed by atoms with van der Waals surface area (Å²) in [6.07, 6.45) is 0.